The Morgan fingerprint density at radius 1 is 1.22 bits per heavy atom. The van der Waals surface area contributed by atoms with E-state index in [-0.39, 0.29) is 24.5 Å². The number of cyclic esters (lactones) is 1. The highest BCUT2D eigenvalue weighted by Gasteiger charge is 2.34. The Morgan fingerprint density at radius 3 is 2.51 bits per heavy atom. The molecule has 202 valence electrons. The predicted octanol–water partition coefficient (Wildman–Crippen LogP) is 2.72. The van der Waals surface area contributed by atoms with E-state index in [1.165, 1.54) is 0 Å². The van der Waals surface area contributed by atoms with Crippen LogP contribution >= 0.6 is 0 Å². The van der Waals surface area contributed by atoms with Gasteiger partial charge in [0.05, 0.1) is 18.8 Å². The third kappa shape index (κ3) is 7.23. The Hall–Kier alpha value is -3.58. The molecule has 1 heterocycles. The second-order valence-corrected chi connectivity index (χ2v) is 8.39. The monoisotopic (exact) mass is 526 g/mol. The summed E-state index contributed by atoms with van der Waals surface area (Å²) in [7, 11) is 1.75. The fraction of sp³-hybridized carbons (Fsp3) is 0.417. The molecule has 4 N–H and O–H groups in total. The van der Waals surface area contributed by atoms with Crippen molar-refractivity contribution in [3.8, 4) is 0 Å². The lowest BCUT2D eigenvalue weighted by Crippen LogP contribution is -2.41. The van der Waals surface area contributed by atoms with Crippen LogP contribution in [0, 0.1) is 11.6 Å². The zero-order valence-electron chi connectivity index (χ0n) is 20.5. The van der Waals surface area contributed by atoms with E-state index in [1.54, 1.807) is 24.9 Å². The van der Waals surface area contributed by atoms with E-state index < -0.39 is 36.2 Å². The van der Waals surface area contributed by atoms with Gasteiger partial charge in [0.25, 0.3) is 5.91 Å². The topological polar surface area (TPSA) is 103 Å². The van der Waals surface area contributed by atoms with Crippen molar-refractivity contribution >= 4 is 29.1 Å². The maximum absolute atomic E-state index is 15.1. The van der Waals surface area contributed by atoms with Crippen LogP contribution in [-0.4, -0.2) is 69.3 Å². The molecule has 2 amide bonds. The summed E-state index contributed by atoms with van der Waals surface area (Å²) in [5, 5.41) is 3.84. The maximum Gasteiger partial charge on any atom is 0.414 e. The minimum absolute atomic E-state index is 0.0824. The Morgan fingerprint density at radius 2 is 1.92 bits per heavy atom. The normalized spacial score (nSPS) is 15.4. The summed E-state index contributed by atoms with van der Waals surface area (Å²) >= 11 is 0. The number of likely N-dealkylation sites (N-methyl/N-ethyl adjacent to an activating group) is 1. The number of rotatable bonds is 12. The fourth-order valence-corrected chi connectivity index (χ4v) is 3.99. The molecule has 2 aromatic rings. The molecular weight excluding hydrogens is 496 g/mol. The number of hydrogen-bond donors (Lipinski definition) is 3. The zero-order chi connectivity index (χ0) is 27.1. The molecule has 1 fully saturated rings. The van der Waals surface area contributed by atoms with Crippen molar-refractivity contribution < 1.29 is 31.9 Å². The summed E-state index contributed by atoms with van der Waals surface area (Å²) < 4.78 is 60.0. The van der Waals surface area contributed by atoms with Gasteiger partial charge in [-0.1, -0.05) is 12.1 Å². The smallest absolute Gasteiger partial charge is 0.414 e. The van der Waals surface area contributed by atoms with Crippen molar-refractivity contribution in [2.45, 2.75) is 26.0 Å². The van der Waals surface area contributed by atoms with Gasteiger partial charge in [0.2, 0.25) is 0 Å². The van der Waals surface area contributed by atoms with E-state index in [9.17, 15) is 18.4 Å². The number of ether oxygens (including phenoxy) is 1. The summed E-state index contributed by atoms with van der Waals surface area (Å²) in [5.74, 6) is -3.24. The molecule has 1 aliphatic rings. The molecule has 13 heteroatoms. The Balaban J connectivity index is 1.67. The van der Waals surface area contributed by atoms with E-state index in [4.69, 9.17) is 10.5 Å². The molecular formula is C24H30F4N6O3. The number of alkyl halides is 2. The van der Waals surface area contributed by atoms with Crippen molar-refractivity contribution in [3.63, 3.8) is 0 Å². The van der Waals surface area contributed by atoms with E-state index in [0.29, 0.717) is 31.9 Å². The van der Waals surface area contributed by atoms with Gasteiger partial charge < -0.3 is 20.7 Å². The van der Waals surface area contributed by atoms with Gasteiger partial charge in [-0.15, -0.1) is 0 Å². The van der Waals surface area contributed by atoms with E-state index in [2.05, 4.69) is 5.43 Å². The average Bonchev–Trinajstić information content (AvgIpc) is 3.23. The van der Waals surface area contributed by atoms with Crippen LogP contribution in [0.15, 0.2) is 36.4 Å². The summed E-state index contributed by atoms with van der Waals surface area (Å²) in [5.41, 5.74) is 10.2. The van der Waals surface area contributed by atoms with Crippen LogP contribution in [0.4, 0.5) is 39.4 Å². The van der Waals surface area contributed by atoms with Crippen LogP contribution in [0.5, 0.6) is 0 Å². The number of amides is 2. The number of halogens is 4. The van der Waals surface area contributed by atoms with E-state index >= 15 is 8.78 Å². The Bertz CT molecular complexity index is 1080. The van der Waals surface area contributed by atoms with E-state index in [0.717, 1.165) is 22.6 Å². The minimum atomic E-state index is -3.21. The number of anilines is 3. The molecule has 9 nitrogen and oxygen atoms in total. The quantitative estimate of drug-likeness (QED) is 0.222. The van der Waals surface area contributed by atoms with Gasteiger partial charge in [0.1, 0.15) is 11.8 Å². The highest BCUT2D eigenvalue weighted by molar-refractivity contribution is 5.90. The second-order valence-electron chi connectivity index (χ2n) is 8.39. The highest BCUT2D eigenvalue weighted by Crippen LogP contribution is 2.31. The number of benzene rings is 2. The Kier molecular flexibility index (Phi) is 9.53. The van der Waals surface area contributed by atoms with Crippen LogP contribution in [0.1, 0.15) is 12.5 Å². The molecule has 1 saturated heterocycles. The van der Waals surface area contributed by atoms with Gasteiger partial charge in [0.15, 0.2) is 11.6 Å². The SMILES string of the molecule is CCN(CCN(Cc1cccc(N)c1)NC)c1c(F)cc(N2C[C@H](CNC(=O)C(F)F)OC2=O)cc1F. The van der Waals surface area contributed by atoms with Gasteiger partial charge in [-0.25, -0.2) is 18.6 Å². The molecule has 0 spiro atoms. The highest BCUT2D eigenvalue weighted by atomic mass is 19.3. The van der Waals surface area contributed by atoms with Crippen molar-refractivity contribution in [1.29, 1.82) is 0 Å². The van der Waals surface area contributed by atoms with Crippen LogP contribution < -0.4 is 26.3 Å². The summed E-state index contributed by atoms with van der Waals surface area (Å²) in [6.45, 7) is 2.83. The molecule has 0 unspecified atom stereocenters. The van der Waals surface area contributed by atoms with Crippen LogP contribution in [0.2, 0.25) is 0 Å². The van der Waals surface area contributed by atoms with Crippen LogP contribution in [0.25, 0.3) is 0 Å². The van der Waals surface area contributed by atoms with Gasteiger partial charge in [-0.05, 0) is 31.7 Å². The van der Waals surface area contributed by atoms with Gasteiger partial charge in [-0.3, -0.25) is 15.1 Å². The molecule has 0 aromatic heterocycles. The molecule has 0 saturated carbocycles. The standard InChI is InChI=1S/C24H30F4N6O3/c1-3-32(7-8-33(30-2)13-15-5-4-6-16(29)9-15)21-19(25)10-17(11-20(21)26)34-14-18(37-24(34)36)12-31-23(35)22(27)28/h4-6,9-11,18,22,30H,3,7-8,12-14,29H2,1-2H3,(H,31,35)/t18-/m0/s1. The molecule has 1 aliphatic heterocycles. The lowest BCUT2D eigenvalue weighted by Gasteiger charge is -2.29. The molecule has 3 rings (SSSR count). The van der Waals surface area contributed by atoms with Gasteiger partial charge >= 0.3 is 12.5 Å². The van der Waals surface area contributed by atoms with Gasteiger partial charge in [-0.2, -0.15) is 8.78 Å². The first-order valence-corrected chi connectivity index (χ1v) is 11.7. The molecule has 2 aromatic carbocycles. The van der Waals surface area contributed by atoms with Crippen LogP contribution in [0.3, 0.4) is 0 Å². The largest absolute Gasteiger partial charge is 0.442 e. The summed E-state index contributed by atoms with van der Waals surface area (Å²) in [6, 6.07) is 9.45. The lowest BCUT2D eigenvalue weighted by molar-refractivity contribution is -0.132. The number of carbonyl (C=O) groups excluding carboxylic acids is 2. The Labute approximate surface area is 212 Å². The van der Waals surface area contributed by atoms with E-state index in [1.807, 2.05) is 28.5 Å². The van der Waals surface area contributed by atoms with Crippen LogP contribution in [-0.2, 0) is 16.1 Å². The lowest BCUT2D eigenvalue weighted by atomic mass is 10.2. The molecule has 0 radical (unpaired) electrons. The minimum Gasteiger partial charge on any atom is -0.442 e. The van der Waals surface area contributed by atoms with Gasteiger partial charge in [0, 0.05) is 44.0 Å². The summed E-state index contributed by atoms with van der Waals surface area (Å²) in [4.78, 5) is 25.8. The number of nitrogens with two attached hydrogens (primary N) is 1. The first-order chi connectivity index (χ1) is 17.6. The molecule has 0 bridgehead atoms. The first-order valence-electron chi connectivity index (χ1n) is 11.7. The fourth-order valence-electron chi connectivity index (χ4n) is 3.99. The first kappa shape index (κ1) is 28.0. The number of nitrogens with zero attached hydrogens (tertiary/aromatic N) is 3. The maximum atomic E-state index is 15.1. The third-order valence-corrected chi connectivity index (χ3v) is 5.87. The molecule has 37 heavy (non-hydrogen) atoms. The number of hydrogen-bond acceptors (Lipinski definition) is 7. The number of hydrazine groups is 1. The second kappa shape index (κ2) is 12.6. The number of carbonyl (C=O) groups is 2. The number of nitrogen functional groups attached to an aromatic ring is 1. The number of nitrogens with one attached hydrogen (secondary N) is 2. The van der Waals surface area contributed by atoms with Crippen molar-refractivity contribution in [2.75, 3.05) is 55.3 Å². The predicted molar refractivity (Wildman–Crippen MR) is 131 cm³/mol. The third-order valence-electron chi connectivity index (χ3n) is 5.87. The van der Waals surface area contributed by atoms with Crippen molar-refractivity contribution in [1.82, 2.24) is 15.8 Å². The van der Waals surface area contributed by atoms with Crippen molar-refractivity contribution in [2.24, 2.45) is 0 Å². The molecule has 1 atom stereocenters. The average molecular weight is 527 g/mol. The van der Waals surface area contributed by atoms with Crippen molar-refractivity contribution in [3.05, 3.63) is 53.6 Å². The zero-order valence-corrected chi connectivity index (χ0v) is 20.5. The summed E-state index contributed by atoms with van der Waals surface area (Å²) in [6.07, 6.45) is -5.05. The molecule has 0 aliphatic carbocycles.